The summed E-state index contributed by atoms with van der Waals surface area (Å²) >= 11 is 7.02. The molecule has 0 unspecified atom stereocenters. The van der Waals surface area contributed by atoms with Crippen LogP contribution in [0, 0.1) is 5.82 Å². The average Bonchev–Trinajstić information content (AvgIpc) is 3.08. The van der Waals surface area contributed by atoms with Crippen molar-refractivity contribution in [2.45, 2.75) is 23.9 Å². The van der Waals surface area contributed by atoms with E-state index in [1.807, 2.05) is 16.7 Å². The number of thioether (sulfide) groups is 1. The van der Waals surface area contributed by atoms with Gasteiger partial charge in [0.15, 0.2) is 11.0 Å². The fourth-order valence-electron chi connectivity index (χ4n) is 2.41. The van der Waals surface area contributed by atoms with E-state index in [0.29, 0.717) is 23.2 Å². The first-order chi connectivity index (χ1) is 13.5. The Morgan fingerprint density at radius 2 is 2.11 bits per heavy atom. The molecule has 0 aliphatic heterocycles. The van der Waals surface area contributed by atoms with Gasteiger partial charge in [0.05, 0.1) is 10.3 Å². The molecule has 0 aliphatic carbocycles. The molecule has 144 valence electrons. The molecule has 0 spiro atoms. The van der Waals surface area contributed by atoms with Gasteiger partial charge in [-0.15, -0.1) is 16.8 Å². The van der Waals surface area contributed by atoms with Gasteiger partial charge < -0.3 is 5.32 Å². The van der Waals surface area contributed by atoms with Crippen molar-refractivity contribution in [3.8, 4) is 11.4 Å². The Bertz CT molecular complexity index is 995. The van der Waals surface area contributed by atoms with Gasteiger partial charge in [-0.1, -0.05) is 29.4 Å². The van der Waals surface area contributed by atoms with E-state index in [1.165, 1.54) is 30.0 Å². The van der Waals surface area contributed by atoms with Gasteiger partial charge >= 0.3 is 0 Å². The number of hydrogen-bond donors (Lipinski definition) is 1. The lowest BCUT2D eigenvalue weighted by molar-refractivity contribution is -0.115. The van der Waals surface area contributed by atoms with Crippen molar-refractivity contribution in [3.05, 3.63) is 66.2 Å². The molecular formula is C19H17ClFN5OS. The maximum atomic E-state index is 13.3. The Morgan fingerprint density at radius 3 is 2.79 bits per heavy atom. The molecule has 1 amide bonds. The number of benzene rings is 1. The van der Waals surface area contributed by atoms with Crippen LogP contribution >= 0.6 is 23.4 Å². The summed E-state index contributed by atoms with van der Waals surface area (Å²) < 4.78 is 15.1. The second kappa shape index (κ2) is 8.99. The topological polar surface area (TPSA) is 72.7 Å². The molecule has 0 radical (unpaired) electrons. The molecule has 0 bridgehead atoms. The molecule has 2 aromatic heterocycles. The number of carbonyl (C=O) groups is 1. The van der Waals surface area contributed by atoms with Crippen LogP contribution in [0.4, 0.5) is 10.1 Å². The van der Waals surface area contributed by atoms with Gasteiger partial charge in [0.25, 0.3) is 0 Å². The number of aromatic nitrogens is 4. The van der Waals surface area contributed by atoms with Gasteiger partial charge in [0.1, 0.15) is 5.82 Å². The fourth-order valence-corrected chi connectivity index (χ4v) is 3.45. The third-order valence-electron chi connectivity index (χ3n) is 3.81. The smallest absolute Gasteiger partial charge is 0.237 e. The standard InChI is InChI=1S/C19H17ClFN5OS/c1-3-10-26-17(13-6-8-22-9-7-13)24-25-19(26)28-12(2)18(27)23-14-4-5-16(21)15(20)11-14/h3-9,11-12H,1,10H2,2H3,(H,23,27)/t12-/m0/s1. The maximum Gasteiger partial charge on any atom is 0.237 e. The largest absolute Gasteiger partial charge is 0.325 e. The molecule has 0 saturated carbocycles. The predicted octanol–water partition coefficient (Wildman–Crippen LogP) is 4.44. The van der Waals surface area contributed by atoms with Crippen LogP contribution in [-0.2, 0) is 11.3 Å². The number of nitrogens with zero attached hydrogens (tertiary/aromatic N) is 4. The number of anilines is 1. The summed E-state index contributed by atoms with van der Waals surface area (Å²) in [6.07, 6.45) is 5.10. The number of carbonyl (C=O) groups excluding carboxylic acids is 1. The summed E-state index contributed by atoms with van der Waals surface area (Å²) in [5, 5.41) is 11.3. The molecule has 9 heteroatoms. The second-order valence-corrected chi connectivity index (χ2v) is 7.53. The maximum absolute atomic E-state index is 13.3. The Labute approximate surface area is 170 Å². The molecule has 28 heavy (non-hydrogen) atoms. The van der Waals surface area contributed by atoms with Crippen LogP contribution in [0.2, 0.25) is 5.02 Å². The molecule has 0 aliphatic rings. The van der Waals surface area contributed by atoms with Gasteiger partial charge in [-0.05, 0) is 37.3 Å². The van der Waals surface area contributed by atoms with Crippen molar-refractivity contribution < 1.29 is 9.18 Å². The van der Waals surface area contributed by atoms with Crippen molar-refractivity contribution in [1.82, 2.24) is 19.7 Å². The van der Waals surface area contributed by atoms with Crippen LogP contribution in [0.25, 0.3) is 11.4 Å². The summed E-state index contributed by atoms with van der Waals surface area (Å²) in [5.74, 6) is -0.128. The van der Waals surface area contributed by atoms with Crippen LogP contribution in [0.15, 0.2) is 60.5 Å². The minimum Gasteiger partial charge on any atom is -0.325 e. The number of hydrogen-bond acceptors (Lipinski definition) is 5. The molecule has 3 rings (SSSR count). The molecule has 1 aromatic carbocycles. The Kier molecular flexibility index (Phi) is 6.43. The van der Waals surface area contributed by atoms with E-state index in [4.69, 9.17) is 11.6 Å². The van der Waals surface area contributed by atoms with E-state index < -0.39 is 11.1 Å². The minimum absolute atomic E-state index is 0.0502. The van der Waals surface area contributed by atoms with E-state index >= 15 is 0 Å². The Morgan fingerprint density at radius 1 is 1.36 bits per heavy atom. The van der Waals surface area contributed by atoms with Gasteiger partial charge in [0.2, 0.25) is 5.91 Å². The summed E-state index contributed by atoms with van der Waals surface area (Å²) in [6.45, 7) is 6.03. The fraction of sp³-hybridized carbons (Fsp3) is 0.158. The molecular weight excluding hydrogens is 401 g/mol. The second-order valence-electron chi connectivity index (χ2n) is 5.82. The zero-order chi connectivity index (χ0) is 20.1. The van der Waals surface area contributed by atoms with Gasteiger partial charge in [0, 0.05) is 30.2 Å². The van der Waals surface area contributed by atoms with Crippen LogP contribution < -0.4 is 5.32 Å². The van der Waals surface area contributed by atoms with Gasteiger partial charge in [-0.2, -0.15) is 0 Å². The lowest BCUT2D eigenvalue weighted by Crippen LogP contribution is -2.23. The minimum atomic E-state index is -0.539. The number of allylic oxidation sites excluding steroid dienone is 1. The summed E-state index contributed by atoms with van der Waals surface area (Å²) in [7, 11) is 0. The van der Waals surface area contributed by atoms with Crippen LogP contribution in [0.3, 0.4) is 0 Å². The molecule has 1 atom stereocenters. The molecule has 3 aromatic rings. The van der Waals surface area contributed by atoms with Crippen molar-refractivity contribution in [3.63, 3.8) is 0 Å². The third-order valence-corrected chi connectivity index (χ3v) is 5.18. The number of rotatable bonds is 7. The Hall–Kier alpha value is -2.71. The SMILES string of the molecule is C=CCn1c(S[C@@H](C)C(=O)Nc2ccc(F)c(Cl)c2)nnc1-c1ccncc1. The molecule has 2 heterocycles. The number of pyridine rings is 1. The quantitative estimate of drug-likeness (QED) is 0.454. The molecule has 6 nitrogen and oxygen atoms in total. The lowest BCUT2D eigenvalue weighted by atomic mass is 10.2. The van der Waals surface area contributed by atoms with E-state index in [-0.39, 0.29) is 10.9 Å². The van der Waals surface area contributed by atoms with E-state index in [2.05, 4.69) is 27.1 Å². The predicted molar refractivity (Wildman–Crippen MR) is 109 cm³/mol. The lowest BCUT2D eigenvalue weighted by Gasteiger charge is -2.13. The van der Waals surface area contributed by atoms with Crippen molar-refractivity contribution in [1.29, 1.82) is 0 Å². The van der Waals surface area contributed by atoms with Gasteiger partial charge in [-0.3, -0.25) is 14.3 Å². The molecule has 0 saturated heterocycles. The number of halogens is 2. The first-order valence-electron chi connectivity index (χ1n) is 8.36. The molecule has 1 N–H and O–H groups in total. The Balaban J connectivity index is 1.76. The van der Waals surface area contributed by atoms with Crippen LogP contribution in [0.1, 0.15) is 6.92 Å². The first-order valence-corrected chi connectivity index (χ1v) is 9.62. The highest BCUT2D eigenvalue weighted by Crippen LogP contribution is 2.27. The zero-order valence-electron chi connectivity index (χ0n) is 15.0. The summed E-state index contributed by atoms with van der Waals surface area (Å²) in [6, 6.07) is 7.71. The van der Waals surface area contributed by atoms with E-state index in [9.17, 15) is 9.18 Å². The first kappa shape index (κ1) is 20.0. The van der Waals surface area contributed by atoms with Crippen molar-refractivity contribution in [2.24, 2.45) is 0 Å². The van der Waals surface area contributed by atoms with Crippen LogP contribution in [0.5, 0.6) is 0 Å². The summed E-state index contributed by atoms with van der Waals surface area (Å²) in [4.78, 5) is 16.5. The van der Waals surface area contributed by atoms with Crippen LogP contribution in [-0.4, -0.2) is 30.9 Å². The average molecular weight is 418 g/mol. The third kappa shape index (κ3) is 4.58. The van der Waals surface area contributed by atoms with E-state index in [0.717, 1.165) is 5.56 Å². The van der Waals surface area contributed by atoms with E-state index in [1.54, 1.807) is 25.4 Å². The highest BCUT2D eigenvalue weighted by atomic mass is 35.5. The zero-order valence-corrected chi connectivity index (χ0v) is 16.5. The van der Waals surface area contributed by atoms with Crippen molar-refractivity contribution in [2.75, 3.05) is 5.32 Å². The highest BCUT2D eigenvalue weighted by molar-refractivity contribution is 8.00. The number of amides is 1. The monoisotopic (exact) mass is 417 g/mol. The van der Waals surface area contributed by atoms with Crippen molar-refractivity contribution >= 4 is 35.0 Å². The van der Waals surface area contributed by atoms with Gasteiger partial charge in [-0.25, -0.2) is 4.39 Å². The molecule has 0 fully saturated rings. The normalized spacial score (nSPS) is 11.8. The highest BCUT2D eigenvalue weighted by Gasteiger charge is 2.21. The summed E-state index contributed by atoms with van der Waals surface area (Å²) in [5.41, 5.74) is 1.29. The number of nitrogens with one attached hydrogen (secondary N) is 1.